The molecule has 0 aliphatic carbocycles. The maximum atomic E-state index is 12.2. The summed E-state index contributed by atoms with van der Waals surface area (Å²) in [4.78, 5) is 25.2. The molecule has 1 amide bonds. The van der Waals surface area contributed by atoms with Crippen molar-refractivity contribution in [3.05, 3.63) is 29.8 Å². The fourth-order valence-electron chi connectivity index (χ4n) is 2.69. The summed E-state index contributed by atoms with van der Waals surface area (Å²) in [6, 6.07) is 7.40. The lowest BCUT2D eigenvalue weighted by Crippen LogP contribution is -2.49. The maximum Gasteiger partial charge on any atom is 0.321 e. The number of nitrogens with one attached hydrogen (secondary N) is 1. The first-order chi connectivity index (χ1) is 12.7. The summed E-state index contributed by atoms with van der Waals surface area (Å²) in [6.07, 6.45) is -0.221. The molecule has 1 aliphatic rings. The molecule has 0 unspecified atom stereocenters. The SMILES string of the molecule is C[C@H]1CN(C(=O)COC(=O)CNS(=O)(=O)c2ccccc2C#N)C[C@H](C)O1. The Hall–Kier alpha value is -2.48. The van der Waals surface area contributed by atoms with Gasteiger partial charge in [0.1, 0.15) is 12.6 Å². The third-order valence-electron chi connectivity index (χ3n) is 3.83. The molecule has 2 rings (SSSR count). The molecule has 1 aliphatic heterocycles. The van der Waals surface area contributed by atoms with Crippen LogP contribution in [0, 0.1) is 11.3 Å². The molecule has 0 aromatic heterocycles. The highest BCUT2D eigenvalue weighted by atomic mass is 32.2. The number of sulfonamides is 1. The van der Waals surface area contributed by atoms with E-state index in [-0.39, 0.29) is 28.6 Å². The van der Waals surface area contributed by atoms with E-state index in [1.807, 2.05) is 13.8 Å². The van der Waals surface area contributed by atoms with Gasteiger partial charge in [-0.3, -0.25) is 9.59 Å². The van der Waals surface area contributed by atoms with Crippen molar-refractivity contribution in [2.45, 2.75) is 31.0 Å². The van der Waals surface area contributed by atoms with Crippen molar-refractivity contribution < 1.29 is 27.5 Å². The average molecular weight is 395 g/mol. The molecule has 1 fully saturated rings. The van der Waals surface area contributed by atoms with Crippen molar-refractivity contribution in [1.82, 2.24) is 9.62 Å². The molecule has 27 heavy (non-hydrogen) atoms. The van der Waals surface area contributed by atoms with Gasteiger partial charge in [0, 0.05) is 13.1 Å². The molecule has 0 saturated carbocycles. The van der Waals surface area contributed by atoms with Crippen molar-refractivity contribution in [2.24, 2.45) is 0 Å². The second kappa shape index (κ2) is 8.94. The van der Waals surface area contributed by atoms with Crippen molar-refractivity contribution in [3.63, 3.8) is 0 Å². The molecule has 1 aromatic carbocycles. The first kappa shape index (κ1) is 20.8. The van der Waals surface area contributed by atoms with Crippen LogP contribution in [0.25, 0.3) is 0 Å². The van der Waals surface area contributed by atoms with E-state index in [4.69, 9.17) is 14.7 Å². The zero-order chi connectivity index (χ0) is 20.0. The molecule has 10 heteroatoms. The van der Waals surface area contributed by atoms with Gasteiger partial charge in [0.15, 0.2) is 6.61 Å². The van der Waals surface area contributed by atoms with Crippen LogP contribution >= 0.6 is 0 Å². The van der Waals surface area contributed by atoms with E-state index in [2.05, 4.69) is 4.72 Å². The second-order valence-electron chi connectivity index (χ2n) is 6.15. The molecule has 9 nitrogen and oxygen atoms in total. The number of hydrogen-bond donors (Lipinski definition) is 1. The van der Waals surface area contributed by atoms with Gasteiger partial charge < -0.3 is 14.4 Å². The molecule has 1 saturated heterocycles. The lowest BCUT2D eigenvalue weighted by Gasteiger charge is -2.35. The van der Waals surface area contributed by atoms with Crippen molar-refractivity contribution in [1.29, 1.82) is 5.26 Å². The Kier molecular flexibility index (Phi) is 6.90. The first-order valence-corrected chi connectivity index (χ1v) is 9.79. The summed E-state index contributed by atoms with van der Waals surface area (Å²) in [5.41, 5.74) is -0.0379. The zero-order valence-corrected chi connectivity index (χ0v) is 15.9. The third kappa shape index (κ3) is 5.75. The molecule has 0 bridgehead atoms. The highest BCUT2D eigenvalue weighted by molar-refractivity contribution is 7.89. The summed E-state index contributed by atoms with van der Waals surface area (Å²) in [6.45, 7) is 3.36. The summed E-state index contributed by atoms with van der Waals surface area (Å²) in [5, 5.41) is 8.98. The predicted octanol–water partition coefficient (Wildman–Crippen LogP) is 0.0156. The Morgan fingerprint density at radius 1 is 1.30 bits per heavy atom. The summed E-state index contributed by atoms with van der Waals surface area (Å²) >= 11 is 0. The second-order valence-corrected chi connectivity index (χ2v) is 7.88. The van der Waals surface area contributed by atoms with Crippen molar-refractivity contribution in [2.75, 3.05) is 26.2 Å². The van der Waals surface area contributed by atoms with E-state index >= 15 is 0 Å². The van der Waals surface area contributed by atoms with E-state index in [1.165, 1.54) is 24.3 Å². The van der Waals surface area contributed by atoms with Gasteiger partial charge in [-0.05, 0) is 26.0 Å². The number of nitrogens with zero attached hydrogens (tertiary/aromatic N) is 2. The third-order valence-corrected chi connectivity index (χ3v) is 5.29. The Morgan fingerprint density at radius 2 is 1.93 bits per heavy atom. The first-order valence-electron chi connectivity index (χ1n) is 8.30. The van der Waals surface area contributed by atoms with E-state index in [0.29, 0.717) is 13.1 Å². The van der Waals surface area contributed by atoms with Gasteiger partial charge >= 0.3 is 5.97 Å². The fourth-order valence-corrected chi connectivity index (χ4v) is 3.82. The highest BCUT2D eigenvalue weighted by Crippen LogP contribution is 2.14. The lowest BCUT2D eigenvalue weighted by atomic mass is 10.2. The topological polar surface area (TPSA) is 126 Å². The Balaban J connectivity index is 1.85. The van der Waals surface area contributed by atoms with Crippen LogP contribution in [0.1, 0.15) is 19.4 Å². The van der Waals surface area contributed by atoms with Gasteiger partial charge in [-0.25, -0.2) is 8.42 Å². The number of hydrogen-bond acceptors (Lipinski definition) is 7. The monoisotopic (exact) mass is 395 g/mol. The summed E-state index contributed by atoms with van der Waals surface area (Å²) in [7, 11) is -4.06. The molecular formula is C17H21N3O6S. The van der Waals surface area contributed by atoms with Crippen LogP contribution in [0.3, 0.4) is 0 Å². The standard InChI is InChI=1S/C17H21N3O6S/c1-12-9-20(10-13(2)26-12)16(21)11-25-17(22)8-19-27(23,24)15-6-4-3-5-14(15)7-18/h3-6,12-13,19H,8-11H2,1-2H3/t12-,13-/m0/s1. The minimum Gasteiger partial charge on any atom is -0.455 e. The largest absolute Gasteiger partial charge is 0.455 e. The average Bonchev–Trinajstić information content (AvgIpc) is 2.63. The normalized spacial score (nSPS) is 20.0. The molecule has 146 valence electrons. The Bertz CT molecular complexity index is 838. The van der Waals surface area contributed by atoms with Crippen LogP contribution in [-0.2, 0) is 29.1 Å². The number of ether oxygens (including phenoxy) is 2. The van der Waals surface area contributed by atoms with Crippen LogP contribution in [0.2, 0.25) is 0 Å². The molecule has 1 aromatic rings. The van der Waals surface area contributed by atoms with Gasteiger partial charge in [-0.2, -0.15) is 9.98 Å². The van der Waals surface area contributed by atoms with Gasteiger partial charge in [0.05, 0.1) is 22.7 Å². The molecule has 0 radical (unpaired) electrons. The van der Waals surface area contributed by atoms with E-state index in [1.54, 1.807) is 11.0 Å². The number of benzene rings is 1. The summed E-state index contributed by atoms with van der Waals surface area (Å²) < 4.78 is 36.9. The fraction of sp³-hybridized carbons (Fsp3) is 0.471. The number of carbonyl (C=O) groups excluding carboxylic acids is 2. The van der Waals surface area contributed by atoms with E-state index < -0.39 is 29.1 Å². The van der Waals surface area contributed by atoms with Crippen LogP contribution in [0.15, 0.2) is 29.2 Å². The van der Waals surface area contributed by atoms with E-state index in [0.717, 1.165) is 0 Å². The quantitative estimate of drug-likeness (QED) is 0.673. The van der Waals surface area contributed by atoms with Crippen LogP contribution in [-0.4, -0.2) is 63.6 Å². The molecule has 1 N–H and O–H groups in total. The van der Waals surface area contributed by atoms with E-state index in [9.17, 15) is 18.0 Å². The minimum atomic E-state index is -4.06. The Labute approximate surface area is 157 Å². The number of morpholine rings is 1. The molecule has 1 heterocycles. The Morgan fingerprint density at radius 3 is 2.56 bits per heavy atom. The highest BCUT2D eigenvalue weighted by Gasteiger charge is 2.26. The smallest absolute Gasteiger partial charge is 0.321 e. The van der Waals surface area contributed by atoms with Crippen molar-refractivity contribution >= 4 is 21.9 Å². The van der Waals surface area contributed by atoms with Gasteiger partial charge in [-0.1, -0.05) is 12.1 Å². The maximum absolute atomic E-state index is 12.2. The number of amides is 1. The van der Waals surface area contributed by atoms with Crippen molar-refractivity contribution in [3.8, 4) is 6.07 Å². The van der Waals surface area contributed by atoms with Crippen LogP contribution in [0.4, 0.5) is 0 Å². The lowest BCUT2D eigenvalue weighted by molar-refractivity contribution is -0.156. The zero-order valence-electron chi connectivity index (χ0n) is 15.0. The number of esters is 1. The molecule has 2 atom stereocenters. The number of rotatable bonds is 6. The molecule has 0 spiro atoms. The number of carbonyl (C=O) groups is 2. The predicted molar refractivity (Wildman–Crippen MR) is 93.9 cm³/mol. The van der Waals surface area contributed by atoms with Gasteiger partial charge in [-0.15, -0.1) is 0 Å². The molecular weight excluding hydrogens is 374 g/mol. The van der Waals surface area contributed by atoms with Gasteiger partial charge in [0.25, 0.3) is 5.91 Å². The minimum absolute atomic E-state index is 0.0379. The van der Waals surface area contributed by atoms with Crippen LogP contribution in [0.5, 0.6) is 0 Å². The summed E-state index contributed by atoms with van der Waals surface area (Å²) in [5.74, 6) is -1.27. The van der Waals surface area contributed by atoms with Gasteiger partial charge in [0.2, 0.25) is 10.0 Å². The number of nitriles is 1. The van der Waals surface area contributed by atoms with Crippen LogP contribution < -0.4 is 4.72 Å².